The molecule has 1 aromatic heterocycles. The molecule has 256 valence electrons. The zero-order valence-electron chi connectivity index (χ0n) is 28.0. The number of methoxy groups -OCH3 is 1. The van der Waals surface area contributed by atoms with Crippen LogP contribution in [0, 0.1) is 0 Å². The summed E-state index contributed by atoms with van der Waals surface area (Å²) >= 11 is 6.75. The quantitative estimate of drug-likeness (QED) is 0.216. The van der Waals surface area contributed by atoms with Crippen molar-refractivity contribution >= 4 is 45.0 Å². The summed E-state index contributed by atoms with van der Waals surface area (Å²) in [6.45, 7) is 9.40. The lowest BCUT2D eigenvalue weighted by molar-refractivity contribution is -0.120. The Morgan fingerprint density at radius 2 is 1.61 bits per heavy atom. The van der Waals surface area contributed by atoms with Gasteiger partial charge in [-0.05, 0) is 112 Å². The van der Waals surface area contributed by atoms with Gasteiger partial charge in [-0.1, -0.05) is 11.6 Å². The summed E-state index contributed by atoms with van der Waals surface area (Å²) in [4.78, 5) is 44.5. The van der Waals surface area contributed by atoms with Crippen molar-refractivity contribution in [2.45, 2.75) is 57.0 Å². The van der Waals surface area contributed by atoms with Crippen LogP contribution in [-0.2, 0) is 26.8 Å². The number of amides is 3. The Bertz CT molecular complexity index is 2050. The first-order chi connectivity index (χ1) is 23.1. The van der Waals surface area contributed by atoms with E-state index in [-0.39, 0.29) is 44.6 Å². The molecule has 0 fully saturated rings. The zero-order chi connectivity index (χ0) is 35.7. The highest BCUT2D eigenvalue weighted by molar-refractivity contribution is 7.93. The number of hydrogen-bond acceptors (Lipinski definition) is 8. The number of carbonyl (C=O) groups is 3. The van der Waals surface area contributed by atoms with E-state index in [4.69, 9.17) is 21.1 Å². The first-order valence-electron chi connectivity index (χ1n) is 15.5. The van der Waals surface area contributed by atoms with Crippen molar-refractivity contribution in [2.24, 2.45) is 0 Å². The van der Waals surface area contributed by atoms with Gasteiger partial charge in [-0.2, -0.15) is 0 Å². The molecule has 0 spiro atoms. The van der Waals surface area contributed by atoms with Crippen molar-refractivity contribution in [1.82, 2.24) is 15.6 Å². The van der Waals surface area contributed by atoms with Gasteiger partial charge >= 0.3 is 0 Å². The molecule has 13 heteroatoms. The fraction of sp³-hybridized carbons (Fsp3) is 0.278. The molecule has 5 rings (SSSR count). The van der Waals surface area contributed by atoms with E-state index in [2.05, 4.69) is 15.6 Å². The number of carbonyl (C=O) groups excluding carboxylic acids is 3. The van der Waals surface area contributed by atoms with E-state index < -0.39 is 38.7 Å². The largest absolute Gasteiger partial charge is 0.495 e. The van der Waals surface area contributed by atoms with Gasteiger partial charge in [0.15, 0.2) is 0 Å². The molecule has 0 saturated carbocycles. The summed E-state index contributed by atoms with van der Waals surface area (Å²) in [7, 11) is -3.36. The second-order valence-electron chi connectivity index (χ2n) is 12.6. The van der Waals surface area contributed by atoms with Crippen LogP contribution in [0.4, 0.5) is 5.69 Å². The third-order valence-corrected chi connectivity index (χ3v) is 10.1. The van der Waals surface area contributed by atoms with Crippen molar-refractivity contribution in [3.8, 4) is 11.5 Å². The second kappa shape index (κ2) is 13.5. The fourth-order valence-corrected chi connectivity index (χ4v) is 7.60. The third kappa shape index (κ3) is 6.83. The van der Waals surface area contributed by atoms with Crippen molar-refractivity contribution in [3.63, 3.8) is 0 Å². The number of rotatable bonds is 10. The Balaban J connectivity index is 1.60. The van der Waals surface area contributed by atoms with Crippen LogP contribution >= 0.6 is 11.6 Å². The monoisotopic (exact) mass is 704 g/mol. The molecule has 1 aliphatic heterocycles. The number of fused-ring (bicyclic) bond motifs is 1. The highest BCUT2D eigenvalue weighted by Crippen LogP contribution is 2.51. The van der Waals surface area contributed by atoms with Crippen molar-refractivity contribution in [2.75, 3.05) is 18.0 Å². The van der Waals surface area contributed by atoms with Crippen molar-refractivity contribution in [1.29, 1.82) is 0 Å². The molecule has 1 unspecified atom stereocenters. The second-order valence-corrected chi connectivity index (χ2v) is 14.8. The Morgan fingerprint density at radius 3 is 2.27 bits per heavy atom. The van der Waals surface area contributed by atoms with E-state index in [1.165, 1.54) is 49.6 Å². The highest BCUT2D eigenvalue weighted by Gasteiger charge is 2.54. The number of halogens is 1. The summed E-state index contributed by atoms with van der Waals surface area (Å²) in [5.41, 5.74) is -0.359. The number of nitrogens with zero attached hydrogens (tertiary/aromatic N) is 2. The maximum absolute atomic E-state index is 14.7. The van der Waals surface area contributed by atoms with Gasteiger partial charge in [0.25, 0.3) is 27.7 Å². The number of hydrogen-bond donors (Lipinski definition) is 2. The predicted molar refractivity (Wildman–Crippen MR) is 186 cm³/mol. The normalized spacial score (nSPS) is 15.8. The van der Waals surface area contributed by atoms with Gasteiger partial charge < -0.3 is 20.1 Å². The van der Waals surface area contributed by atoms with Gasteiger partial charge in [-0.15, -0.1) is 0 Å². The average Bonchev–Trinajstić information content (AvgIpc) is 3.29. The Morgan fingerprint density at radius 1 is 0.939 bits per heavy atom. The molecule has 2 N–H and O–H groups in total. The number of aromatic nitrogens is 1. The van der Waals surface area contributed by atoms with E-state index in [0.29, 0.717) is 17.9 Å². The molecule has 0 saturated heterocycles. The molecule has 49 heavy (non-hydrogen) atoms. The lowest BCUT2D eigenvalue weighted by Gasteiger charge is -2.27. The maximum atomic E-state index is 14.7. The first kappa shape index (κ1) is 35.4. The van der Waals surface area contributed by atoms with E-state index >= 15 is 0 Å². The molecule has 1 atom stereocenters. The minimum Gasteiger partial charge on any atom is -0.495 e. The SMILES string of the molecule is CCOc1ccc2c(c1)C(C)(c1cc(C(=O)NCc3ccncc3)ccc1Cl)C(=O)N2S(=O)(=O)c1ccc(C(=O)NC(C)(C)C)cc1OC. The molecular weight excluding hydrogens is 668 g/mol. The van der Waals surface area contributed by atoms with Crippen molar-refractivity contribution < 1.29 is 32.3 Å². The molecule has 3 amide bonds. The van der Waals surface area contributed by atoms with E-state index in [1.54, 1.807) is 50.5 Å². The molecule has 0 aliphatic carbocycles. The smallest absolute Gasteiger partial charge is 0.274 e. The molecule has 4 aromatic rings. The number of anilines is 1. The van der Waals surface area contributed by atoms with Crippen LogP contribution < -0.4 is 24.4 Å². The topological polar surface area (TPSA) is 144 Å². The molecule has 3 aromatic carbocycles. The fourth-order valence-electron chi connectivity index (χ4n) is 5.64. The molecular formula is C36H37ClN4O7S. The van der Waals surface area contributed by atoms with Crippen LogP contribution in [0.3, 0.4) is 0 Å². The number of pyridine rings is 1. The van der Waals surface area contributed by atoms with E-state index in [1.807, 2.05) is 20.8 Å². The standard InChI is InChI=1S/C36H37ClN4O7S/c1-7-48-25-10-12-29-27(20-25)36(5,26-18-23(8-11-28(26)37)32(42)39-21-22-14-16-38-17-15-22)34(44)41(29)49(45,46)31-13-9-24(19-30(31)47-6)33(43)40-35(2,3)4/h8-20H,7,21H2,1-6H3,(H,39,42)(H,40,43). The molecule has 0 bridgehead atoms. The van der Waals surface area contributed by atoms with Gasteiger partial charge in [0.05, 0.1) is 19.4 Å². The van der Waals surface area contributed by atoms with Crippen LogP contribution in [0.5, 0.6) is 11.5 Å². The van der Waals surface area contributed by atoms with E-state index in [0.717, 1.165) is 9.87 Å². The van der Waals surface area contributed by atoms with Gasteiger partial charge in [-0.25, -0.2) is 12.7 Å². The molecule has 0 radical (unpaired) electrons. The number of nitrogens with one attached hydrogen (secondary N) is 2. The highest BCUT2D eigenvalue weighted by atomic mass is 35.5. The summed E-state index contributed by atoms with van der Waals surface area (Å²) in [6.07, 6.45) is 3.24. The van der Waals surface area contributed by atoms with Crippen LogP contribution in [0.15, 0.2) is 84.0 Å². The van der Waals surface area contributed by atoms with Gasteiger partial charge in [0.1, 0.15) is 21.8 Å². The summed E-state index contributed by atoms with van der Waals surface area (Å²) in [6, 6.07) is 16.7. The number of sulfonamides is 1. The number of ether oxygens (including phenoxy) is 2. The summed E-state index contributed by atoms with van der Waals surface area (Å²) in [5.74, 6) is -1.39. The van der Waals surface area contributed by atoms with Gasteiger partial charge in [0.2, 0.25) is 0 Å². The van der Waals surface area contributed by atoms with Crippen LogP contribution in [0.25, 0.3) is 0 Å². The van der Waals surface area contributed by atoms with Crippen LogP contribution in [-0.4, -0.2) is 50.4 Å². The van der Waals surface area contributed by atoms with Gasteiger partial charge in [0, 0.05) is 46.2 Å². The van der Waals surface area contributed by atoms with Crippen LogP contribution in [0.1, 0.15) is 72.0 Å². The maximum Gasteiger partial charge on any atom is 0.274 e. The minimum atomic E-state index is -4.65. The Labute approximate surface area is 290 Å². The molecule has 1 aliphatic rings. The minimum absolute atomic E-state index is 0.0798. The third-order valence-electron chi connectivity index (χ3n) is 8.05. The molecule has 11 nitrogen and oxygen atoms in total. The summed E-state index contributed by atoms with van der Waals surface area (Å²) < 4.78 is 40.9. The zero-order valence-corrected chi connectivity index (χ0v) is 29.5. The Hall–Kier alpha value is -4.94. The lowest BCUT2D eigenvalue weighted by Crippen LogP contribution is -2.42. The van der Waals surface area contributed by atoms with Crippen LogP contribution in [0.2, 0.25) is 5.02 Å². The lowest BCUT2D eigenvalue weighted by atomic mass is 9.76. The predicted octanol–water partition coefficient (Wildman–Crippen LogP) is 5.64. The van der Waals surface area contributed by atoms with Gasteiger partial charge in [-0.3, -0.25) is 19.4 Å². The van der Waals surface area contributed by atoms with Crippen molar-refractivity contribution in [3.05, 3.63) is 112 Å². The Kier molecular flexibility index (Phi) is 9.76. The van der Waals surface area contributed by atoms with E-state index in [9.17, 15) is 22.8 Å². The average molecular weight is 705 g/mol. The molecule has 2 heterocycles. The first-order valence-corrected chi connectivity index (χ1v) is 17.3. The summed E-state index contributed by atoms with van der Waals surface area (Å²) in [5, 5.41) is 5.84. The number of benzene rings is 3.